The van der Waals surface area contributed by atoms with Gasteiger partial charge in [0.1, 0.15) is 10.8 Å². The van der Waals surface area contributed by atoms with Crippen molar-refractivity contribution in [2.45, 2.75) is 18.8 Å². The van der Waals surface area contributed by atoms with Gasteiger partial charge in [-0.2, -0.15) is 0 Å². The number of amides is 1. The fourth-order valence-corrected chi connectivity index (χ4v) is 4.93. The summed E-state index contributed by atoms with van der Waals surface area (Å²) in [5.74, 6) is -0.0926. The van der Waals surface area contributed by atoms with Crippen molar-refractivity contribution in [3.05, 3.63) is 68.5 Å². The van der Waals surface area contributed by atoms with Crippen LogP contribution < -0.4 is 0 Å². The Bertz CT molecular complexity index is 977. The quantitative estimate of drug-likeness (QED) is 0.485. The van der Waals surface area contributed by atoms with E-state index in [-0.39, 0.29) is 17.6 Å². The Kier molecular flexibility index (Phi) is 5.49. The molecule has 1 amide bonds. The molecule has 1 aliphatic heterocycles. The van der Waals surface area contributed by atoms with Crippen molar-refractivity contribution < 1.29 is 9.18 Å². The molecule has 7 heteroatoms. The first-order chi connectivity index (χ1) is 13.1. The summed E-state index contributed by atoms with van der Waals surface area (Å²) in [6.07, 6.45) is 1.88. The van der Waals surface area contributed by atoms with Crippen LogP contribution in [0.3, 0.4) is 0 Å². The normalized spacial score (nSPS) is 17.1. The second-order valence-corrected chi connectivity index (χ2v) is 8.67. The Balaban J connectivity index is 1.53. The average molecular weight is 493 g/mol. The van der Waals surface area contributed by atoms with Crippen LogP contribution >= 0.6 is 33.9 Å². The number of carbonyl (C=O) groups excluding carboxylic acids is 1. The minimum absolute atomic E-state index is 0.0588. The van der Waals surface area contributed by atoms with E-state index in [1.807, 2.05) is 29.2 Å². The topological polar surface area (TPSA) is 46.1 Å². The number of likely N-dealkylation sites (tertiary alicyclic amines) is 1. The zero-order valence-electron chi connectivity index (χ0n) is 14.4. The summed E-state index contributed by atoms with van der Waals surface area (Å²) in [6.45, 7) is 1.37. The summed E-state index contributed by atoms with van der Waals surface area (Å²) < 4.78 is 15.0. The molecule has 3 aromatic rings. The van der Waals surface area contributed by atoms with E-state index in [1.165, 1.54) is 17.4 Å². The highest BCUT2D eigenvalue weighted by molar-refractivity contribution is 14.1. The second-order valence-electron chi connectivity index (χ2n) is 6.50. The van der Waals surface area contributed by atoms with Crippen molar-refractivity contribution in [1.82, 2.24) is 15.1 Å². The predicted molar refractivity (Wildman–Crippen MR) is 112 cm³/mol. The van der Waals surface area contributed by atoms with E-state index in [2.05, 4.69) is 32.8 Å². The van der Waals surface area contributed by atoms with Crippen LogP contribution in [-0.2, 0) is 0 Å². The number of nitrogens with zero attached hydrogens (tertiary/aromatic N) is 3. The molecule has 2 heterocycles. The van der Waals surface area contributed by atoms with Gasteiger partial charge in [0, 0.05) is 28.1 Å². The van der Waals surface area contributed by atoms with Gasteiger partial charge in [0.2, 0.25) is 0 Å². The second kappa shape index (κ2) is 8.02. The van der Waals surface area contributed by atoms with Crippen LogP contribution in [0, 0.1) is 9.39 Å². The Morgan fingerprint density at radius 2 is 1.93 bits per heavy atom. The van der Waals surface area contributed by atoms with Gasteiger partial charge in [-0.3, -0.25) is 4.79 Å². The molecule has 0 radical (unpaired) electrons. The van der Waals surface area contributed by atoms with Gasteiger partial charge in [0.15, 0.2) is 5.01 Å². The van der Waals surface area contributed by atoms with Crippen LogP contribution in [0.1, 0.15) is 34.1 Å². The molecule has 1 fully saturated rings. The van der Waals surface area contributed by atoms with Crippen molar-refractivity contribution in [3.8, 4) is 10.6 Å². The molecule has 0 aliphatic carbocycles. The molecule has 27 heavy (non-hydrogen) atoms. The maximum atomic E-state index is 14.0. The number of hydrogen-bond donors (Lipinski definition) is 0. The predicted octanol–water partition coefficient (Wildman–Crippen LogP) is 4.97. The van der Waals surface area contributed by atoms with Crippen molar-refractivity contribution in [1.29, 1.82) is 0 Å². The van der Waals surface area contributed by atoms with Crippen molar-refractivity contribution in [2.24, 2.45) is 0 Å². The average Bonchev–Trinajstić information content (AvgIpc) is 3.18. The van der Waals surface area contributed by atoms with Gasteiger partial charge in [-0.1, -0.05) is 35.6 Å². The summed E-state index contributed by atoms with van der Waals surface area (Å²) in [5, 5.41) is 9.95. The molecule has 1 unspecified atom stereocenters. The first kappa shape index (κ1) is 18.5. The zero-order valence-corrected chi connectivity index (χ0v) is 17.4. The summed E-state index contributed by atoms with van der Waals surface area (Å²) in [6, 6.07) is 14.2. The van der Waals surface area contributed by atoms with Crippen LogP contribution in [0.4, 0.5) is 4.39 Å². The summed E-state index contributed by atoms with van der Waals surface area (Å²) in [7, 11) is 0. The lowest BCUT2D eigenvalue weighted by Crippen LogP contribution is -2.39. The summed E-state index contributed by atoms with van der Waals surface area (Å²) in [5.41, 5.74) is 1.21. The molecule has 1 saturated heterocycles. The van der Waals surface area contributed by atoms with E-state index < -0.39 is 0 Å². The van der Waals surface area contributed by atoms with Gasteiger partial charge in [-0.05, 0) is 59.7 Å². The maximum absolute atomic E-state index is 14.0. The highest BCUT2D eigenvalue weighted by atomic mass is 127. The number of aromatic nitrogens is 2. The van der Waals surface area contributed by atoms with Crippen LogP contribution in [-0.4, -0.2) is 34.1 Å². The van der Waals surface area contributed by atoms with Crippen molar-refractivity contribution in [2.75, 3.05) is 13.1 Å². The number of rotatable bonds is 3. The Morgan fingerprint density at radius 3 is 2.74 bits per heavy atom. The number of benzene rings is 2. The first-order valence-corrected chi connectivity index (χ1v) is 10.6. The largest absolute Gasteiger partial charge is 0.338 e. The van der Waals surface area contributed by atoms with Crippen LogP contribution in [0.25, 0.3) is 10.6 Å². The molecule has 0 bridgehead atoms. The Morgan fingerprint density at radius 1 is 1.15 bits per heavy atom. The lowest BCUT2D eigenvalue weighted by molar-refractivity contribution is 0.0705. The number of carbonyl (C=O) groups is 1. The minimum Gasteiger partial charge on any atom is -0.338 e. The molecule has 1 aromatic heterocycles. The van der Waals surface area contributed by atoms with Crippen LogP contribution in [0.5, 0.6) is 0 Å². The molecular weight excluding hydrogens is 476 g/mol. The Hall–Kier alpha value is -1.87. The van der Waals surface area contributed by atoms with Crippen molar-refractivity contribution in [3.63, 3.8) is 0 Å². The number of halogens is 2. The van der Waals surface area contributed by atoms with Crippen LogP contribution in [0.2, 0.25) is 0 Å². The van der Waals surface area contributed by atoms with E-state index >= 15 is 0 Å². The van der Waals surface area contributed by atoms with Crippen molar-refractivity contribution >= 4 is 39.8 Å². The van der Waals surface area contributed by atoms with Gasteiger partial charge in [-0.15, -0.1) is 10.2 Å². The SMILES string of the molecule is O=C(c1ccccc1I)N1CCCC(c2nnc(-c3ccccc3F)s2)C1. The zero-order chi connectivity index (χ0) is 18.8. The van der Waals surface area contributed by atoms with Gasteiger partial charge in [0.05, 0.1) is 5.56 Å². The number of piperidine rings is 1. The molecule has 2 aromatic carbocycles. The lowest BCUT2D eigenvalue weighted by Gasteiger charge is -2.31. The monoisotopic (exact) mass is 493 g/mol. The molecule has 4 nitrogen and oxygen atoms in total. The highest BCUT2D eigenvalue weighted by Gasteiger charge is 2.28. The first-order valence-electron chi connectivity index (χ1n) is 8.75. The van der Waals surface area contributed by atoms with Gasteiger partial charge < -0.3 is 4.90 Å². The third-order valence-corrected chi connectivity index (χ3v) is 6.77. The van der Waals surface area contributed by atoms with E-state index in [1.54, 1.807) is 18.2 Å². The van der Waals surface area contributed by atoms with E-state index in [0.29, 0.717) is 17.1 Å². The van der Waals surface area contributed by atoms with Gasteiger partial charge in [0.25, 0.3) is 5.91 Å². The van der Waals surface area contributed by atoms with E-state index in [4.69, 9.17) is 0 Å². The smallest absolute Gasteiger partial charge is 0.254 e. The fourth-order valence-electron chi connectivity index (χ4n) is 3.31. The third-order valence-electron chi connectivity index (χ3n) is 4.71. The molecule has 138 valence electrons. The lowest BCUT2D eigenvalue weighted by atomic mass is 9.98. The van der Waals surface area contributed by atoms with E-state index in [0.717, 1.165) is 33.5 Å². The molecule has 1 atom stereocenters. The molecule has 0 spiro atoms. The maximum Gasteiger partial charge on any atom is 0.254 e. The van der Waals surface area contributed by atoms with Gasteiger partial charge >= 0.3 is 0 Å². The number of hydrogen-bond acceptors (Lipinski definition) is 4. The third kappa shape index (κ3) is 3.89. The minimum atomic E-state index is -0.292. The molecule has 0 saturated carbocycles. The fraction of sp³-hybridized carbons (Fsp3) is 0.250. The summed E-state index contributed by atoms with van der Waals surface area (Å²) in [4.78, 5) is 14.8. The molecule has 0 N–H and O–H groups in total. The Labute approximate surface area is 174 Å². The molecular formula is C20H17FIN3OS. The molecule has 1 aliphatic rings. The molecule has 4 rings (SSSR count). The highest BCUT2D eigenvalue weighted by Crippen LogP contribution is 2.34. The summed E-state index contributed by atoms with van der Waals surface area (Å²) >= 11 is 3.62. The van der Waals surface area contributed by atoms with Crippen LogP contribution in [0.15, 0.2) is 48.5 Å². The van der Waals surface area contributed by atoms with Gasteiger partial charge in [-0.25, -0.2) is 4.39 Å². The standard InChI is InChI=1S/C20H17FIN3OS/c21-16-9-3-1-7-14(16)19-24-23-18(27-19)13-6-5-11-25(12-13)20(26)15-8-2-4-10-17(15)22/h1-4,7-10,13H,5-6,11-12H2. The van der Waals surface area contributed by atoms with E-state index in [9.17, 15) is 9.18 Å².